The Labute approximate surface area is 106 Å². The molecular weight excluding hydrogens is 232 g/mol. The molecule has 0 saturated heterocycles. The van der Waals surface area contributed by atoms with E-state index in [1.807, 2.05) is 0 Å². The smallest absolute Gasteiger partial charge is 0.337 e. The molecule has 0 aliphatic heterocycles. The van der Waals surface area contributed by atoms with Crippen LogP contribution in [0.1, 0.15) is 43.0 Å². The lowest BCUT2D eigenvalue weighted by atomic mass is 10.1. The minimum atomic E-state index is -1.11. The van der Waals surface area contributed by atoms with Crippen molar-refractivity contribution in [1.29, 1.82) is 0 Å². The van der Waals surface area contributed by atoms with E-state index in [0.29, 0.717) is 12.1 Å². The number of carboxylic acids is 1. The molecule has 5 heteroatoms. The van der Waals surface area contributed by atoms with Gasteiger partial charge >= 0.3 is 5.97 Å². The number of carboxylic acid groups (broad SMARTS) is 1. The first-order valence-corrected chi connectivity index (χ1v) is 5.97. The quantitative estimate of drug-likeness (QED) is 0.534. The lowest BCUT2D eigenvalue weighted by Crippen LogP contribution is -2.14. The van der Waals surface area contributed by atoms with Crippen LogP contribution in [0.5, 0.6) is 0 Å². The lowest BCUT2D eigenvalue weighted by molar-refractivity contribution is -0.116. The van der Waals surface area contributed by atoms with Crippen molar-refractivity contribution in [2.75, 3.05) is 11.1 Å². The van der Waals surface area contributed by atoms with Crippen LogP contribution in [0.25, 0.3) is 0 Å². The van der Waals surface area contributed by atoms with Crippen molar-refractivity contribution in [3.05, 3.63) is 23.8 Å². The highest BCUT2D eigenvalue weighted by Crippen LogP contribution is 2.19. The molecule has 0 heterocycles. The molecule has 0 saturated carbocycles. The number of nitrogens with one attached hydrogen (secondary N) is 1. The third kappa shape index (κ3) is 4.08. The molecule has 1 rings (SSSR count). The topological polar surface area (TPSA) is 92.4 Å². The van der Waals surface area contributed by atoms with Crippen LogP contribution >= 0.6 is 0 Å². The fourth-order valence-electron chi connectivity index (χ4n) is 1.60. The van der Waals surface area contributed by atoms with Crippen LogP contribution in [-0.2, 0) is 4.79 Å². The average Bonchev–Trinajstić information content (AvgIpc) is 2.31. The highest BCUT2D eigenvalue weighted by Gasteiger charge is 2.12. The predicted octanol–water partition coefficient (Wildman–Crippen LogP) is 2.49. The van der Waals surface area contributed by atoms with Gasteiger partial charge in [0.2, 0.25) is 5.91 Å². The minimum Gasteiger partial charge on any atom is -0.478 e. The standard InChI is InChI=1S/C13H18N2O3/c1-2-3-4-5-12(16)15-11-7-6-9(14)8-10(11)13(17)18/h6-8H,2-5,14H2,1H3,(H,15,16)(H,17,18). The first-order chi connectivity index (χ1) is 8.54. The number of hydrogen-bond donors (Lipinski definition) is 3. The van der Waals surface area contributed by atoms with Crippen LogP contribution in [0.4, 0.5) is 11.4 Å². The number of amides is 1. The zero-order chi connectivity index (χ0) is 13.5. The van der Waals surface area contributed by atoms with E-state index in [9.17, 15) is 9.59 Å². The van der Waals surface area contributed by atoms with Gasteiger partial charge in [-0.1, -0.05) is 19.8 Å². The lowest BCUT2D eigenvalue weighted by Gasteiger charge is -2.09. The van der Waals surface area contributed by atoms with Crippen molar-refractivity contribution in [1.82, 2.24) is 0 Å². The molecule has 0 aromatic heterocycles. The van der Waals surface area contributed by atoms with E-state index in [4.69, 9.17) is 10.8 Å². The number of nitrogens with two attached hydrogens (primary N) is 1. The zero-order valence-corrected chi connectivity index (χ0v) is 10.4. The molecule has 0 spiro atoms. The summed E-state index contributed by atoms with van der Waals surface area (Å²) in [7, 11) is 0. The Morgan fingerprint density at radius 1 is 1.33 bits per heavy atom. The van der Waals surface area contributed by atoms with Gasteiger partial charge in [-0.05, 0) is 24.6 Å². The highest BCUT2D eigenvalue weighted by atomic mass is 16.4. The maximum Gasteiger partial charge on any atom is 0.337 e. The van der Waals surface area contributed by atoms with Crippen LogP contribution in [0, 0.1) is 0 Å². The Hall–Kier alpha value is -2.04. The Balaban J connectivity index is 2.72. The molecule has 0 bridgehead atoms. The molecule has 1 amide bonds. The number of benzene rings is 1. The number of aromatic carboxylic acids is 1. The van der Waals surface area contributed by atoms with Crippen molar-refractivity contribution in [2.24, 2.45) is 0 Å². The van der Waals surface area contributed by atoms with Gasteiger partial charge in [0, 0.05) is 12.1 Å². The third-order valence-corrected chi connectivity index (χ3v) is 2.56. The summed E-state index contributed by atoms with van der Waals surface area (Å²) in [4.78, 5) is 22.6. The van der Waals surface area contributed by atoms with Crippen LogP contribution in [0.3, 0.4) is 0 Å². The van der Waals surface area contributed by atoms with Crippen molar-refractivity contribution >= 4 is 23.3 Å². The van der Waals surface area contributed by atoms with E-state index in [0.717, 1.165) is 19.3 Å². The average molecular weight is 250 g/mol. The number of rotatable bonds is 6. The molecule has 0 atom stereocenters. The Morgan fingerprint density at radius 2 is 2.06 bits per heavy atom. The fraction of sp³-hybridized carbons (Fsp3) is 0.385. The van der Waals surface area contributed by atoms with Gasteiger partial charge in [0.1, 0.15) is 0 Å². The molecule has 0 fully saturated rings. The summed E-state index contributed by atoms with van der Waals surface area (Å²) in [6.45, 7) is 2.06. The van der Waals surface area contributed by atoms with Crippen LogP contribution in [0.2, 0.25) is 0 Å². The van der Waals surface area contributed by atoms with E-state index in [2.05, 4.69) is 12.2 Å². The van der Waals surface area contributed by atoms with Gasteiger partial charge in [-0.2, -0.15) is 0 Å². The summed E-state index contributed by atoms with van der Waals surface area (Å²) in [5.74, 6) is -1.28. The van der Waals surface area contributed by atoms with Crippen molar-refractivity contribution < 1.29 is 14.7 Å². The summed E-state index contributed by atoms with van der Waals surface area (Å²) in [5.41, 5.74) is 6.18. The molecule has 0 aliphatic carbocycles. The Kier molecular flexibility index (Phi) is 5.17. The number of carbonyl (C=O) groups is 2. The molecule has 98 valence electrons. The molecule has 4 N–H and O–H groups in total. The summed E-state index contributed by atoms with van der Waals surface area (Å²) in [6, 6.07) is 4.41. The van der Waals surface area contributed by atoms with Crippen molar-refractivity contribution in [3.63, 3.8) is 0 Å². The van der Waals surface area contributed by atoms with Gasteiger partial charge in [0.15, 0.2) is 0 Å². The van der Waals surface area contributed by atoms with Crippen molar-refractivity contribution in [3.8, 4) is 0 Å². The first-order valence-electron chi connectivity index (χ1n) is 5.97. The first kappa shape index (κ1) is 14.0. The minimum absolute atomic E-state index is 0.0128. The number of unbranched alkanes of at least 4 members (excludes halogenated alkanes) is 2. The summed E-state index contributed by atoms with van der Waals surface area (Å²) in [6.07, 6.45) is 3.23. The van der Waals surface area contributed by atoms with E-state index in [1.54, 1.807) is 6.07 Å². The third-order valence-electron chi connectivity index (χ3n) is 2.56. The molecular formula is C13H18N2O3. The van der Waals surface area contributed by atoms with Gasteiger partial charge in [-0.3, -0.25) is 4.79 Å². The SMILES string of the molecule is CCCCCC(=O)Nc1ccc(N)cc1C(=O)O. The molecule has 18 heavy (non-hydrogen) atoms. The van der Waals surface area contributed by atoms with Gasteiger partial charge in [-0.15, -0.1) is 0 Å². The van der Waals surface area contributed by atoms with Crippen LogP contribution in [0.15, 0.2) is 18.2 Å². The largest absolute Gasteiger partial charge is 0.478 e. The summed E-state index contributed by atoms with van der Waals surface area (Å²) >= 11 is 0. The maximum atomic E-state index is 11.6. The van der Waals surface area contributed by atoms with Gasteiger partial charge in [-0.25, -0.2) is 4.79 Å². The van der Waals surface area contributed by atoms with E-state index in [1.165, 1.54) is 12.1 Å². The molecule has 5 nitrogen and oxygen atoms in total. The van der Waals surface area contributed by atoms with Crippen LogP contribution < -0.4 is 11.1 Å². The second kappa shape index (κ2) is 6.64. The molecule has 1 aromatic rings. The molecule has 0 aliphatic rings. The van der Waals surface area contributed by atoms with Crippen molar-refractivity contribution in [2.45, 2.75) is 32.6 Å². The van der Waals surface area contributed by atoms with Crippen LogP contribution in [-0.4, -0.2) is 17.0 Å². The summed E-state index contributed by atoms with van der Waals surface area (Å²) in [5, 5.41) is 11.6. The second-order valence-electron chi connectivity index (χ2n) is 4.12. The Bertz CT molecular complexity index is 444. The predicted molar refractivity (Wildman–Crippen MR) is 70.6 cm³/mol. The van der Waals surface area contributed by atoms with E-state index >= 15 is 0 Å². The van der Waals surface area contributed by atoms with Gasteiger partial charge in [0.05, 0.1) is 11.3 Å². The number of carbonyl (C=O) groups excluding carboxylic acids is 1. The molecule has 0 radical (unpaired) electrons. The summed E-state index contributed by atoms with van der Waals surface area (Å²) < 4.78 is 0. The van der Waals surface area contributed by atoms with E-state index < -0.39 is 5.97 Å². The van der Waals surface area contributed by atoms with Gasteiger partial charge in [0.25, 0.3) is 0 Å². The Morgan fingerprint density at radius 3 is 2.67 bits per heavy atom. The second-order valence-corrected chi connectivity index (χ2v) is 4.12. The molecule has 1 aromatic carbocycles. The monoisotopic (exact) mass is 250 g/mol. The van der Waals surface area contributed by atoms with E-state index in [-0.39, 0.29) is 17.2 Å². The fourth-order valence-corrected chi connectivity index (χ4v) is 1.60. The highest BCUT2D eigenvalue weighted by molar-refractivity contribution is 6.01. The number of anilines is 2. The number of nitrogen functional groups attached to an aromatic ring is 1. The van der Waals surface area contributed by atoms with Gasteiger partial charge < -0.3 is 16.2 Å². The maximum absolute atomic E-state index is 11.6. The number of hydrogen-bond acceptors (Lipinski definition) is 3. The zero-order valence-electron chi connectivity index (χ0n) is 10.4. The molecule has 0 unspecified atom stereocenters. The normalized spacial score (nSPS) is 10.1.